The van der Waals surface area contributed by atoms with E-state index in [-0.39, 0.29) is 29.7 Å². The molecule has 2 amide bonds. The number of fused-ring (bicyclic) bond motifs is 1. The molecule has 2 saturated heterocycles. The lowest BCUT2D eigenvalue weighted by Crippen LogP contribution is -2.51. The highest BCUT2D eigenvalue weighted by atomic mass is 16.5. The highest BCUT2D eigenvalue weighted by Gasteiger charge is 2.43. The van der Waals surface area contributed by atoms with E-state index in [9.17, 15) is 9.59 Å². The third kappa shape index (κ3) is 5.54. The zero-order valence-electron chi connectivity index (χ0n) is 23.7. The molecule has 4 atom stereocenters. The summed E-state index contributed by atoms with van der Waals surface area (Å²) in [6, 6.07) is 15.0. The lowest BCUT2D eigenvalue weighted by atomic mass is 9.96. The topological polar surface area (TPSA) is 119 Å². The first-order chi connectivity index (χ1) is 19.9. The van der Waals surface area contributed by atoms with Crippen LogP contribution < -0.4 is 15.4 Å². The van der Waals surface area contributed by atoms with Crippen LogP contribution in [0.25, 0.3) is 11.0 Å². The van der Waals surface area contributed by atoms with Gasteiger partial charge in [-0.25, -0.2) is 4.68 Å². The molecule has 214 valence electrons. The zero-order chi connectivity index (χ0) is 28.5. The smallest absolute Gasteiger partial charge is 0.243 e. The van der Waals surface area contributed by atoms with Crippen LogP contribution in [0, 0.1) is 5.92 Å². The number of nitrogens with zero attached hydrogens (tertiary/aromatic N) is 6. The first kappa shape index (κ1) is 26.9. The van der Waals surface area contributed by atoms with E-state index in [0.717, 1.165) is 40.0 Å². The number of nitrogens with one attached hydrogen (secondary N) is 2. The molecule has 4 aromatic rings. The summed E-state index contributed by atoms with van der Waals surface area (Å²) in [5, 5.41) is 19.0. The van der Waals surface area contributed by atoms with Gasteiger partial charge in [0.15, 0.2) is 0 Å². The second-order valence-corrected chi connectivity index (χ2v) is 11.2. The van der Waals surface area contributed by atoms with Gasteiger partial charge in [0.1, 0.15) is 17.3 Å². The molecule has 11 heteroatoms. The number of hydrogen-bond acceptors (Lipinski definition) is 7. The van der Waals surface area contributed by atoms with E-state index in [1.165, 1.54) is 0 Å². The van der Waals surface area contributed by atoms with Gasteiger partial charge in [-0.1, -0.05) is 23.4 Å². The number of rotatable bonds is 8. The number of carbonyl (C=O) groups excluding carboxylic acids is 2. The van der Waals surface area contributed by atoms with E-state index in [0.29, 0.717) is 32.5 Å². The van der Waals surface area contributed by atoms with Gasteiger partial charge in [0.05, 0.1) is 18.7 Å². The third-order valence-corrected chi connectivity index (χ3v) is 8.50. The lowest BCUT2D eigenvalue weighted by molar-refractivity contribution is -0.139. The average Bonchev–Trinajstić information content (AvgIpc) is 3.79. The monoisotopic (exact) mass is 556 g/mol. The molecule has 0 saturated carbocycles. The molecule has 2 aliphatic heterocycles. The van der Waals surface area contributed by atoms with Crippen molar-refractivity contribution in [3.63, 3.8) is 0 Å². The number of aromatic nitrogens is 5. The van der Waals surface area contributed by atoms with Gasteiger partial charge in [-0.3, -0.25) is 14.3 Å². The van der Waals surface area contributed by atoms with Gasteiger partial charge in [-0.15, -0.1) is 5.10 Å². The van der Waals surface area contributed by atoms with Crippen molar-refractivity contribution in [3.05, 3.63) is 71.5 Å². The molecule has 4 heterocycles. The van der Waals surface area contributed by atoms with Crippen LogP contribution in [0.2, 0.25) is 0 Å². The SMILES string of the molecule is COc1ccc(C[C@@H]2C[C@@H](C(=O)NCc3ccc4c(c3)nnn4C)N(C(=O)[C@H]3CC(c4ccnn4C)CN3)C2)cc1. The third-order valence-electron chi connectivity index (χ3n) is 8.50. The van der Waals surface area contributed by atoms with Gasteiger partial charge in [-0.05, 0) is 66.6 Å². The minimum absolute atomic E-state index is 0.00645. The van der Waals surface area contributed by atoms with E-state index in [1.54, 1.807) is 22.9 Å². The Labute approximate surface area is 238 Å². The summed E-state index contributed by atoms with van der Waals surface area (Å²) in [5.41, 5.74) is 4.93. The van der Waals surface area contributed by atoms with Gasteiger partial charge in [0.2, 0.25) is 11.8 Å². The molecule has 2 aromatic carbocycles. The van der Waals surface area contributed by atoms with Crippen LogP contribution in [-0.2, 0) is 36.6 Å². The quantitative estimate of drug-likeness (QED) is 0.340. The molecule has 1 unspecified atom stereocenters. The summed E-state index contributed by atoms with van der Waals surface area (Å²) < 4.78 is 8.89. The lowest BCUT2D eigenvalue weighted by Gasteiger charge is -2.27. The summed E-state index contributed by atoms with van der Waals surface area (Å²) in [6.45, 7) is 1.61. The number of amides is 2. The van der Waals surface area contributed by atoms with Crippen molar-refractivity contribution in [1.82, 2.24) is 40.3 Å². The zero-order valence-corrected chi connectivity index (χ0v) is 23.7. The van der Waals surface area contributed by atoms with Crippen molar-refractivity contribution in [3.8, 4) is 5.75 Å². The predicted molar refractivity (Wildman–Crippen MR) is 153 cm³/mol. The second kappa shape index (κ2) is 11.3. The second-order valence-electron chi connectivity index (χ2n) is 11.2. The van der Waals surface area contributed by atoms with Gasteiger partial charge in [0, 0.05) is 51.5 Å². The fraction of sp³-hybridized carbons (Fsp3) is 0.433. The van der Waals surface area contributed by atoms with Crippen LogP contribution >= 0.6 is 0 Å². The maximum atomic E-state index is 13.9. The predicted octanol–water partition coefficient (Wildman–Crippen LogP) is 1.93. The molecule has 2 aliphatic rings. The van der Waals surface area contributed by atoms with E-state index in [2.05, 4.69) is 38.2 Å². The van der Waals surface area contributed by atoms with Crippen molar-refractivity contribution < 1.29 is 14.3 Å². The Bertz CT molecular complexity index is 1540. The Hall–Kier alpha value is -4.25. The number of benzene rings is 2. The first-order valence-electron chi connectivity index (χ1n) is 14.1. The highest BCUT2D eigenvalue weighted by Crippen LogP contribution is 2.31. The van der Waals surface area contributed by atoms with Crippen molar-refractivity contribution in [1.29, 1.82) is 0 Å². The minimum Gasteiger partial charge on any atom is -0.497 e. The normalized spacial score (nSPS) is 22.4. The van der Waals surface area contributed by atoms with Crippen molar-refractivity contribution in [2.75, 3.05) is 20.2 Å². The van der Waals surface area contributed by atoms with Crippen LogP contribution in [0.1, 0.15) is 35.6 Å². The molecule has 0 spiro atoms. The van der Waals surface area contributed by atoms with E-state index >= 15 is 0 Å². The molecule has 41 heavy (non-hydrogen) atoms. The Morgan fingerprint density at radius 3 is 2.61 bits per heavy atom. The fourth-order valence-corrected chi connectivity index (χ4v) is 6.29. The van der Waals surface area contributed by atoms with Crippen LogP contribution in [0.4, 0.5) is 0 Å². The van der Waals surface area contributed by atoms with Gasteiger partial charge < -0.3 is 20.3 Å². The van der Waals surface area contributed by atoms with Crippen LogP contribution in [0.5, 0.6) is 5.75 Å². The molecule has 2 fully saturated rings. The van der Waals surface area contributed by atoms with E-state index < -0.39 is 6.04 Å². The van der Waals surface area contributed by atoms with Crippen molar-refractivity contribution in [2.24, 2.45) is 20.0 Å². The molecule has 0 bridgehead atoms. The van der Waals surface area contributed by atoms with Crippen LogP contribution in [0.3, 0.4) is 0 Å². The van der Waals surface area contributed by atoms with Crippen molar-refractivity contribution >= 4 is 22.8 Å². The molecule has 11 nitrogen and oxygen atoms in total. The molecular weight excluding hydrogens is 520 g/mol. The summed E-state index contributed by atoms with van der Waals surface area (Å²) in [5.74, 6) is 1.05. The summed E-state index contributed by atoms with van der Waals surface area (Å²) in [4.78, 5) is 29.3. The minimum atomic E-state index is -0.524. The fourth-order valence-electron chi connectivity index (χ4n) is 6.29. The Morgan fingerprint density at radius 1 is 1.05 bits per heavy atom. The number of aryl methyl sites for hydroxylation is 2. The Morgan fingerprint density at radius 2 is 1.85 bits per heavy atom. The first-order valence-corrected chi connectivity index (χ1v) is 14.1. The standard InChI is InChI=1S/C30H36N8O3/c1-36-26(10-11-33-36)22-15-25(31-17-22)30(40)38-18-21(12-19-4-7-23(41-3)8-5-19)14-28(38)29(39)32-16-20-6-9-27-24(13-20)34-35-37(27)2/h4-11,13,21-22,25,28,31H,12,14-18H2,1-3H3,(H,32,39)/t21-,22?,25-,28+/m1/s1. The maximum absolute atomic E-state index is 13.9. The molecule has 0 radical (unpaired) electrons. The number of carbonyl (C=O) groups is 2. The average molecular weight is 557 g/mol. The van der Waals surface area contributed by atoms with Gasteiger partial charge in [0.25, 0.3) is 0 Å². The summed E-state index contributed by atoms with van der Waals surface area (Å²) >= 11 is 0. The summed E-state index contributed by atoms with van der Waals surface area (Å²) in [6.07, 6.45) is 3.88. The van der Waals surface area contributed by atoms with Crippen LogP contribution in [0.15, 0.2) is 54.7 Å². The largest absolute Gasteiger partial charge is 0.497 e. The molecule has 2 aromatic heterocycles. The van der Waals surface area contributed by atoms with Crippen LogP contribution in [-0.4, -0.2) is 73.8 Å². The number of methoxy groups -OCH3 is 1. The highest BCUT2D eigenvalue weighted by molar-refractivity contribution is 5.90. The number of ether oxygens (including phenoxy) is 1. The Balaban J connectivity index is 1.16. The molecule has 6 rings (SSSR count). The van der Waals surface area contributed by atoms with Gasteiger partial charge >= 0.3 is 0 Å². The Kier molecular flexibility index (Phi) is 7.44. The molecule has 0 aliphatic carbocycles. The molecular formula is C30H36N8O3. The summed E-state index contributed by atoms with van der Waals surface area (Å²) in [7, 11) is 5.43. The number of hydrogen-bond donors (Lipinski definition) is 2. The van der Waals surface area contributed by atoms with Crippen molar-refractivity contribution in [2.45, 2.75) is 43.8 Å². The molecule has 2 N–H and O–H groups in total. The van der Waals surface area contributed by atoms with Gasteiger partial charge in [-0.2, -0.15) is 5.10 Å². The van der Waals surface area contributed by atoms with E-state index in [1.807, 2.05) is 55.2 Å². The number of likely N-dealkylation sites (tertiary alicyclic amines) is 1. The van der Waals surface area contributed by atoms with E-state index in [4.69, 9.17) is 4.74 Å². The maximum Gasteiger partial charge on any atom is 0.243 e.